The number of carbonyl (C=O) groups is 1. The highest BCUT2D eigenvalue weighted by Gasteiger charge is 2.19. The molecule has 1 amide bonds. The monoisotopic (exact) mass is 395 g/mol. The van der Waals surface area contributed by atoms with E-state index in [2.05, 4.69) is 21.7 Å². The number of nitrogens with zero attached hydrogens (tertiary/aromatic N) is 1. The third-order valence-corrected chi connectivity index (χ3v) is 4.99. The Balaban J connectivity index is 1.53. The highest BCUT2D eigenvalue weighted by Crippen LogP contribution is 2.32. The minimum absolute atomic E-state index is 0.0906. The number of ether oxygens (including phenoxy) is 3. The highest BCUT2D eigenvalue weighted by molar-refractivity contribution is 6.10. The molecular weight excluding hydrogens is 370 g/mol. The second-order valence-electron chi connectivity index (χ2n) is 7.29. The summed E-state index contributed by atoms with van der Waals surface area (Å²) in [6, 6.07) is 11.2. The first-order valence-corrected chi connectivity index (χ1v) is 9.80. The minimum Gasteiger partial charge on any atom is -0.454 e. The third kappa shape index (κ3) is 4.68. The molecule has 2 aliphatic rings. The Hall–Kier alpha value is -3.06. The van der Waals surface area contributed by atoms with E-state index in [9.17, 15) is 4.79 Å². The lowest BCUT2D eigenvalue weighted by atomic mass is 10.1. The van der Waals surface area contributed by atoms with Crippen molar-refractivity contribution in [2.75, 3.05) is 25.3 Å². The molecule has 0 bridgehead atoms. The van der Waals surface area contributed by atoms with E-state index in [1.54, 1.807) is 18.2 Å². The first-order valence-electron chi connectivity index (χ1n) is 9.80. The van der Waals surface area contributed by atoms with Crippen LogP contribution in [0.4, 0.5) is 5.69 Å². The molecule has 1 saturated heterocycles. The molecule has 2 N–H and O–H groups in total. The van der Waals surface area contributed by atoms with E-state index in [4.69, 9.17) is 14.2 Å². The van der Waals surface area contributed by atoms with Gasteiger partial charge in [-0.05, 0) is 62.1 Å². The Bertz CT molecular complexity index is 936. The molecule has 0 saturated carbocycles. The normalized spacial score (nSPS) is 18.0. The number of hydrogen-bond acceptors (Lipinski definition) is 5. The van der Waals surface area contributed by atoms with Gasteiger partial charge in [-0.2, -0.15) is 0 Å². The van der Waals surface area contributed by atoms with E-state index in [0.717, 1.165) is 36.3 Å². The largest absolute Gasteiger partial charge is 0.454 e. The molecule has 2 aromatic rings. The standard InChI is InChI=1S/C22H25N3O4/c1-14-5-6-15(2)18(10-14)24-22(23-12-17-4-3-9-27-17)25-21(26)16-7-8-19-20(11-16)29-13-28-19/h5-8,10-11,17H,3-4,9,12-13H2,1-2H3,(H2,23,24,25,26). The van der Waals surface area contributed by atoms with Gasteiger partial charge in [0.25, 0.3) is 5.91 Å². The first-order chi connectivity index (χ1) is 14.1. The van der Waals surface area contributed by atoms with Gasteiger partial charge in [0.15, 0.2) is 11.5 Å². The quantitative estimate of drug-likeness (QED) is 0.613. The number of nitrogens with one attached hydrogen (secondary N) is 2. The van der Waals surface area contributed by atoms with Gasteiger partial charge in [0.1, 0.15) is 0 Å². The van der Waals surface area contributed by atoms with Crippen LogP contribution in [0.2, 0.25) is 0 Å². The summed E-state index contributed by atoms with van der Waals surface area (Å²) in [5.41, 5.74) is 3.57. The van der Waals surface area contributed by atoms with Crippen molar-refractivity contribution in [2.24, 2.45) is 4.99 Å². The average molecular weight is 395 g/mol. The zero-order chi connectivity index (χ0) is 20.2. The van der Waals surface area contributed by atoms with E-state index in [-0.39, 0.29) is 18.8 Å². The fraction of sp³-hybridized carbons (Fsp3) is 0.364. The van der Waals surface area contributed by atoms with Crippen LogP contribution in [0.1, 0.15) is 34.3 Å². The van der Waals surface area contributed by atoms with Crippen molar-refractivity contribution in [3.05, 3.63) is 53.1 Å². The van der Waals surface area contributed by atoms with Gasteiger partial charge in [-0.15, -0.1) is 0 Å². The van der Waals surface area contributed by atoms with Crippen molar-refractivity contribution in [1.82, 2.24) is 5.32 Å². The number of amides is 1. The van der Waals surface area contributed by atoms with Gasteiger partial charge in [-0.3, -0.25) is 10.1 Å². The molecule has 1 atom stereocenters. The zero-order valence-corrected chi connectivity index (χ0v) is 16.7. The van der Waals surface area contributed by atoms with E-state index >= 15 is 0 Å². The van der Waals surface area contributed by atoms with E-state index in [1.165, 1.54) is 0 Å². The summed E-state index contributed by atoms with van der Waals surface area (Å²) in [4.78, 5) is 17.4. The zero-order valence-electron chi connectivity index (χ0n) is 16.7. The number of aliphatic imine (C=N–C) groups is 1. The van der Waals surface area contributed by atoms with Gasteiger partial charge in [0.2, 0.25) is 12.8 Å². The van der Waals surface area contributed by atoms with Crippen LogP contribution in [0.15, 0.2) is 41.4 Å². The molecule has 29 heavy (non-hydrogen) atoms. The average Bonchev–Trinajstić information content (AvgIpc) is 3.39. The maximum atomic E-state index is 12.8. The summed E-state index contributed by atoms with van der Waals surface area (Å²) in [5.74, 6) is 1.34. The number of hydrogen-bond donors (Lipinski definition) is 2. The SMILES string of the molecule is Cc1ccc(C)c(NC(=NCC2CCCO2)NC(=O)c2ccc3c(c2)OCO3)c1. The molecule has 7 heteroatoms. The summed E-state index contributed by atoms with van der Waals surface area (Å²) in [6.07, 6.45) is 2.12. The van der Waals surface area contributed by atoms with Crippen molar-refractivity contribution in [2.45, 2.75) is 32.8 Å². The predicted octanol–water partition coefficient (Wildman–Crippen LogP) is 3.41. The Morgan fingerprint density at radius 1 is 1.14 bits per heavy atom. The number of benzene rings is 2. The molecule has 0 aromatic heterocycles. The van der Waals surface area contributed by atoms with Crippen LogP contribution >= 0.6 is 0 Å². The molecule has 1 unspecified atom stereocenters. The number of rotatable bonds is 4. The minimum atomic E-state index is -0.271. The van der Waals surface area contributed by atoms with Crippen LogP contribution < -0.4 is 20.1 Å². The molecule has 152 valence electrons. The van der Waals surface area contributed by atoms with Gasteiger partial charge in [-0.1, -0.05) is 12.1 Å². The molecular formula is C22H25N3O4. The Morgan fingerprint density at radius 3 is 2.83 bits per heavy atom. The van der Waals surface area contributed by atoms with Crippen LogP contribution in [0.3, 0.4) is 0 Å². The smallest absolute Gasteiger partial charge is 0.258 e. The number of fused-ring (bicyclic) bond motifs is 1. The van der Waals surface area contributed by atoms with Gasteiger partial charge in [-0.25, -0.2) is 4.99 Å². The van der Waals surface area contributed by atoms with E-state index < -0.39 is 0 Å². The van der Waals surface area contributed by atoms with Crippen LogP contribution in [0.5, 0.6) is 11.5 Å². The summed E-state index contributed by atoms with van der Waals surface area (Å²) in [7, 11) is 0. The molecule has 2 aliphatic heterocycles. The molecule has 2 aromatic carbocycles. The van der Waals surface area contributed by atoms with Crippen LogP contribution in [-0.4, -0.2) is 37.9 Å². The second-order valence-corrected chi connectivity index (χ2v) is 7.29. The lowest BCUT2D eigenvalue weighted by Gasteiger charge is -2.15. The lowest BCUT2D eigenvalue weighted by molar-refractivity contribution is 0.0975. The van der Waals surface area contributed by atoms with Crippen molar-refractivity contribution in [1.29, 1.82) is 0 Å². The number of aryl methyl sites for hydroxylation is 2. The fourth-order valence-electron chi connectivity index (χ4n) is 3.31. The van der Waals surface area contributed by atoms with Crippen LogP contribution in [-0.2, 0) is 4.74 Å². The Kier molecular flexibility index (Phi) is 5.67. The molecule has 0 aliphatic carbocycles. The fourth-order valence-corrected chi connectivity index (χ4v) is 3.31. The second kappa shape index (κ2) is 8.53. The Morgan fingerprint density at radius 2 is 2.00 bits per heavy atom. The number of carbonyl (C=O) groups excluding carboxylic acids is 1. The summed E-state index contributed by atoms with van der Waals surface area (Å²) in [5, 5.41) is 6.16. The molecule has 0 spiro atoms. The predicted molar refractivity (Wildman–Crippen MR) is 111 cm³/mol. The summed E-state index contributed by atoms with van der Waals surface area (Å²) < 4.78 is 16.3. The molecule has 4 rings (SSSR count). The highest BCUT2D eigenvalue weighted by atomic mass is 16.7. The van der Waals surface area contributed by atoms with Gasteiger partial charge >= 0.3 is 0 Å². The van der Waals surface area contributed by atoms with Crippen LogP contribution in [0, 0.1) is 13.8 Å². The number of guanidine groups is 1. The van der Waals surface area contributed by atoms with Gasteiger partial charge in [0.05, 0.1) is 12.6 Å². The first kappa shape index (κ1) is 19.3. The maximum absolute atomic E-state index is 12.8. The third-order valence-electron chi connectivity index (χ3n) is 4.99. The van der Waals surface area contributed by atoms with Crippen molar-refractivity contribution >= 4 is 17.6 Å². The van der Waals surface area contributed by atoms with Crippen molar-refractivity contribution in [3.8, 4) is 11.5 Å². The summed E-state index contributed by atoms with van der Waals surface area (Å²) in [6.45, 7) is 5.47. The van der Waals surface area contributed by atoms with Gasteiger partial charge in [0, 0.05) is 17.9 Å². The lowest BCUT2D eigenvalue weighted by Crippen LogP contribution is -2.37. The van der Waals surface area contributed by atoms with Crippen molar-refractivity contribution in [3.63, 3.8) is 0 Å². The molecule has 0 radical (unpaired) electrons. The van der Waals surface area contributed by atoms with Crippen LogP contribution in [0.25, 0.3) is 0 Å². The van der Waals surface area contributed by atoms with E-state index in [1.807, 2.05) is 26.0 Å². The molecule has 7 nitrogen and oxygen atoms in total. The van der Waals surface area contributed by atoms with E-state index in [0.29, 0.717) is 29.6 Å². The maximum Gasteiger partial charge on any atom is 0.258 e. The van der Waals surface area contributed by atoms with Crippen molar-refractivity contribution < 1.29 is 19.0 Å². The molecule has 2 heterocycles. The summed E-state index contributed by atoms with van der Waals surface area (Å²) >= 11 is 0. The number of anilines is 1. The topological polar surface area (TPSA) is 81.2 Å². The van der Waals surface area contributed by atoms with Gasteiger partial charge < -0.3 is 19.5 Å². The Labute approximate surface area is 170 Å². The molecule has 1 fully saturated rings.